The summed E-state index contributed by atoms with van der Waals surface area (Å²) in [6.07, 6.45) is 6.89. The molecule has 2 fully saturated rings. The van der Waals surface area contributed by atoms with E-state index in [1.54, 1.807) is 0 Å². The van der Waals surface area contributed by atoms with Crippen LogP contribution in [-0.2, 0) is 0 Å². The number of hydrogen-bond acceptors (Lipinski definition) is 1. The molecule has 2 aliphatic rings. The molecule has 0 aromatic rings. The monoisotopic (exact) mass is 165 g/mol. The van der Waals surface area contributed by atoms with Crippen molar-refractivity contribution in [2.24, 2.45) is 23.5 Å². The summed E-state index contributed by atoms with van der Waals surface area (Å²) in [6.45, 7) is 4.95. The summed E-state index contributed by atoms with van der Waals surface area (Å²) in [5.41, 5.74) is 6.97. The number of hydrogen-bond donors (Lipinski definition) is 1. The Bertz CT molecular complexity index is 185. The summed E-state index contributed by atoms with van der Waals surface area (Å²) in [5.74, 6) is 2.86. The lowest BCUT2D eigenvalue weighted by molar-refractivity contribution is 0.372. The topological polar surface area (TPSA) is 26.0 Å². The van der Waals surface area contributed by atoms with Crippen LogP contribution in [0, 0.1) is 17.8 Å². The van der Waals surface area contributed by atoms with Crippen molar-refractivity contribution in [3.05, 3.63) is 12.2 Å². The molecule has 0 radical (unpaired) electrons. The molecular weight excluding hydrogens is 146 g/mol. The van der Waals surface area contributed by atoms with Crippen LogP contribution in [0.2, 0.25) is 0 Å². The molecule has 0 saturated heterocycles. The van der Waals surface area contributed by atoms with Gasteiger partial charge in [0.2, 0.25) is 0 Å². The average Bonchev–Trinajstić information content (AvgIpc) is 2.64. The van der Waals surface area contributed by atoms with Crippen LogP contribution in [-0.4, -0.2) is 6.54 Å². The van der Waals surface area contributed by atoms with Crippen LogP contribution < -0.4 is 5.73 Å². The lowest BCUT2D eigenvalue weighted by Gasteiger charge is -2.23. The minimum absolute atomic E-state index is 0.784. The van der Waals surface area contributed by atoms with Crippen LogP contribution in [0.1, 0.15) is 32.1 Å². The minimum atomic E-state index is 0.784. The predicted molar refractivity (Wildman–Crippen MR) is 51.7 cm³/mol. The summed E-state index contributed by atoms with van der Waals surface area (Å²) < 4.78 is 0. The van der Waals surface area contributed by atoms with Gasteiger partial charge in [-0.15, -0.1) is 0 Å². The Kier molecular flexibility index (Phi) is 2.22. The maximum atomic E-state index is 5.53. The molecule has 1 heteroatoms. The van der Waals surface area contributed by atoms with Gasteiger partial charge in [0.25, 0.3) is 0 Å². The molecule has 0 aliphatic heterocycles. The summed E-state index contributed by atoms with van der Waals surface area (Å²) >= 11 is 0. The third kappa shape index (κ3) is 1.31. The maximum absolute atomic E-state index is 5.53. The summed E-state index contributed by atoms with van der Waals surface area (Å²) in [4.78, 5) is 0. The van der Waals surface area contributed by atoms with Gasteiger partial charge in [-0.3, -0.25) is 0 Å². The van der Waals surface area contributed by atoms with Crippen molar-refractivity contribution < 1.29 is 0 Å². The molecule has 0 aromatic carbocycles. The molecule has 68 valence electrons. The molecule has 3 atom stereocenters. The first-order chi connectivity index (χ1) is 5.81. The number of fused-ring (bicyclic) bond motifs is 2. The van der Waals surface area contributed by atoms with Gasteiger partial charge in [0.05, 0.1) is 0 Å². The van der Waals surface area contributed by atoms with Gasteiger partial charge >= 0.3 is 0 Å². The first kappa shape index (κ1) is 8.31. The van der Waals surface area contributed by atoms with Gasteiger partial charge in [0.15, 0.2) is 0 Å². The Morgan fingerprint density at radius 2 is 2.17 bits per heavy atom. The van der Waals surface area contributed by atoms with Crippen LogP contribution in [0.5, 0.6) is 0 Å². The van der Waals surface area contributed by atoms with Crippen molar-refractivity contribution in [3.8, 4) is 0 Å². The molecule has 2 bridgehead atoms. The third-order valence-corrected chi connectivity index (χ3v) is 3.73. The van der Waals surface area contributed by atoms with E-state index >= 15 is 0 Å². The van der Waals surface area contributed by atoms with Gasteiger partial charge in [0.1, 0.15) is 0 Å². The van der Waals surface area contributed by atoms with Crippen LogP contribution in [0.3, 0.4) is 0 Å². The quantitative estimate of drug-likeness (QED) is 0.638. The Labute approximate surface area is 75.0 Å². The highest BCUT2D eigenvalue weighted by Crippen LogP contribution is 2.50. The largest absolute Gasteiger partial charge is 0.330 e. The van der Waals surface area contributed by atoms with Crippen molar-refractivity contribution in [1.29, 1.82) is 0 Å². The normalized spacial score (nSPS) is 38.9. The second-order valence-corrected chi connectivity index (χ2v) is 4.48. The Hall–Kier alpha value is -0.300. The zero-order valence-electron chi connectivity index (χ0n) is 7.76. The van der Waals surface area contributed by atoms with E-state index in [0.29, 0.717) is 0 Å². The Morgan fingerprint density at radius 3 is 2.67 bits per heavy atom. The molecule has 0 amide bonds. The van der Waals surface area contributed by atoms with Gasteiger partial charge in [-0.25, -0.2) is 0 Å². The van der Waals surface area contributed by atoms with Crippen molar-refractivity contribution in [2.45, 2.75) is 32.1 Å². The minimum Gasteiger partial charge on any atom is -0.330 e. The maximum Gasteiger partial charge on any atom is -0.00399 e. The highest BCUT2D eigenvalue weighted by atomic mass is 14.5. The van der Waals surface area contributed by atoms with Crippen molar-refractivity contribution >= 4 is 0 Å². The van der Waals surface area contributed by atoms with Crippen molar-refractivity contribution in [3.63, 3.8) is 0 Å². The molecule has 1 nitrogen and oxygen atoms in total. The number of rotatable bonds is 3. The molecular formula is C11H19N. The van der Waals surface area contributed by atoms with Gasteiger partial charge in [-0.2, -0.15) is 0 Å². The zero-order chi connectivity index (χ0) is 8.55. The van der Waals surface area contributed by atoms with Crippen molar-refractivity contribution in [2.75, 3.05) is 6.54 Å². The molecule has 0 heterocycles. The molecule has 12 heavy (non-hydrogen) atoms. The highest BCUT2D eigenvalue weighted by Gasteiger charge is 2.39. The second kappa shape index (κ2) is 3.21. The van der Waals surface area contributed by atoms with Crippen LogP contribution >= 0.6 is 0 Å². The molecule has 3 unspecified atom stereocenters. The first-order valence-electron chi connectivity index (χ1n) is 5.19. The van der Waals surface area contributed by atoms with Crippen LogP contribution in [0.15, 0.2) is 12.2 Å². The lowest BCUT2D eigenvalue weighted by atomic mass is 9.83. The SMILES string of the molecule is C=C(CCN)C1CC2CCC1C2. The van der Waals surface area contributed by atoms with Gasteiger partial charge in [0, 0.05) is 0 Å². The summed E-state index contributed by atoms with van der Waals surface area (Å²) in [7, 11) is 0. The molecule has 2 aliphatic carbocycles. The predicted octanol–water partition coefficient (Wildman–Crippen LogP) is 2.33. The smallest absolute Gasteiger partial charge is 0.00399 e. The molecule has 2 N–H and O–H groups in total. The summed E-state index contributed by atoms with van der Waals surface area (Å²) in [6, 6.07) is 0. The van der Waals surface area contributed by atoms with E-state index in [2.05, 4.69) is 6.58 Å². The van der Waals surface area contributed by atoms with E-state index in [4.69, 9.17) is 5.73 Å². The average molecular weight is 165 g/mol. The Balaban J connectivity index is 1.93. The van der Waals surface area contributed by atoms with E-state index in [-0.39, 0.29) is 0 Å². The zero-order valence-corrected chi connectivity index (χ0v) is 7.76. The van der Waals surface area contributed by atoms with E-state index < -0.39 is 0 Å². The second-order valence-electron chi connectivity index (χ2n) is 4.48. The Morgan fingerprint density at radius 1 is 1.33 bits per heavy atom. The van der Waals surface area contributed by atoms with E-state index in [1.165, 1.54) is 31.3 Å². The van der Waals surface area contributed by atoms with E-state index in [9.17, 15) is 0 Å². The van der Waals surface area contributed by atoms with Gasteiger partial charge in [-0.1, -0.05) is 18.6 Å². The third-order valence-electron chi connectivity index (χ3n) is 3.73. The molecule has 0 spiro atoms. The molecule has 0 aromatic heterocycles. The summed E-state index contributed by atoms with van der Waals surface area (Å²) in [5, 5.41) is 0. The van der Waals surface area contributed by atoms with Crippen LogP contribution in [0.4, 0.5) is 0 Å². The van der Waals surface area contributed by atoms with Crippen molar-refractivity contribution in [1.82, 2.24) is 0 Å². The number of nitrogens with two attached hydrogens (primary N) is 1. The van der Waals surface area contributed by atoms with E-state index in [1.807, 2.05) is 0 Å². The lowest BCUT2D eigenvalue weighted by Crippen LogP contribution is -2.14. The fourth-order valence-electron chi connectivity index (χ4n) is 3.12. The molecule has 2 rings (SSSR count). The highest BCUT2D eigenvalue weighted by molar-refractivity contribution is 5.09. The van der Waals surface area contributed by atoms with Crippen LogP contribution in [0.25, 0.3) is 0 Å². The van der Waals surface area contributed by atoms with Gasteiger partial charge < -0.3 is 5.73 Å². The fourth-order valence-corrected chi connectivity index (χ4v) is 3.12. The standard InChI is InChI=1S/C11H19N/c1-8(4-5-12)11-7-9-2-3-10(11)6-9/h9-11H,1-7,12H2. The van der Waals surface area contributed by atoms with E-state index in [0.717, 1.165) is 30.7 Å². The first-order valence-corrected chi connectivity index (χ1v) is 5.19. The fraction of sp³-hybridized carbons (Fsp3) is 0.818. The van der Waals surface area contributed by atoms with Gasteiger partial charge in [-0.05, 0) is 50.0 Å². The molecule has 2 saturated carbocycles.